The van der Waals surface area contributed by atoms with Crippen LogP contribution in [0.5, 0.6) is 0 Å². The van der Waals surface area contributed by atoms with Gasteiger partial charge in [-0.3, -0.25) is 0 Å². The van der Waals surface area contributed by atoms with Crippen LogP contribution in [-0.2, 0) is 4.74 Å². The van der Waals surface area contributed by atoms with E-state index in [9.17, 15) is 0 Å². The molecule has 0 saturated carbocycles. The zero-order valence-corrected chi connectivity index (χ0v) is 9.88. The van der Waals surface area contributed by atoms with Crippen LogP contribution >= 0.6 is 0 Å². The Labute approximate surface area is 88.7 Å². The van der Waals surface area contributed by atoms with Crippen LogP contribution in [-0.4, -0.2) is 26.8 Å². The Bertz CT molecular complexity index is 130. The van der Waals surface area contributed by atoms with Crippen LogP contribution in [0.15, 0.2) is 12.2 Å². The van der Waals surface area contributed by atoms with E-state index in [2.05, 4.69) is 31.3 Å². The standard InChI is InChI=1S/C12H25NO/c1-4-12(5-2)8-6-7-9-13-10-11-14-3/h6,8,12-13H,4-5,7,9-11H2,1-3H3. The number of methoxy groups -OCH3 is 1. The third-order valence-electron chi connectivity index (χ3n) is 2.43. The first-order valence-electron chi connectivity index (χ1n) is 5.71. The molecule has 0 fully saturated rings. The molecular formula is C12H25NO. The molecule has 0 aliphatic rings. The lowest BCUT2D eigenvalue weighted by atomic mass is 10.0. The molecule has 0 spiro atoms. The van der Waals surface area contributed by atoms with Crippen molar-refractivity contribution in [1.82, 2.24) is 5.32 Å². The molecule has 14 heavy (non-hydrogen) atoms. The fourth-order valence-corrected chi connectivity index (χ4v) is 1.33. The smallest absolute Gasteiger partial charge is 0.0587 e. The number of rotatable bonds is 9. The van der Waals surface area contributed by atoms with Gasteiger partial charge in [0.05, 0.1) is 6.61 Å². The highest BCUT2D eigenvalue weighted by atomic mass is 16.5. The summed E-state index contributed by atoms with van der Waals surface area (Å²) in [6.07, 6.45) is 8.27. The van der Waals surface area contributed by atoms with Crippen LogP contribution in [0.25, 0.3) is 0 Å². The Hall–Kier alpha value is -0.340. The van der Waals surface area contributed by atoms with Gasteiger partial charge < -0.3 is 10.1 Å². The second-order valence-electron chi connectivity index (χ2n) is 3.54. The van der Waals surface area contributed by atoms with Gasteiger partial charge in [-0.2, -0.15) is 0 Å². The highest BCUT2D eigenvalue weighted by Crippen LogP contribution is 2.08. The monoisotopic (exact) mass is 199 g/mol. The summed E-state index contributed by atoms with van der Waals surface area (Å²) >= 11 is 0. The Morgan fingerprint density at radius 1 is 1.21 bits per heavy atom. The molecule has 0 radical (unpaired) electrons. The molecule has 84 valence electrons. The predicted octanol–water partition coefficient (Wildman–Crippen LogP) is 2.60. The molecule has 0 bridgehead atoms. The first kappa shape index (κ1) is 13.7. The molecule has 0 amide bonds. The molecule has 2 nitrogen and oxygen atoms in total. The van der Waals surface area contributed by atoms with E-state index in [1.165, 1.54) is 12.8 Å². The lowest BCUT2D eigenvalue weighted by molar-refractivity contribution is 0.199. The van der Waals surface area contributed by atoms with Crippen molar-refractivity contribution in [1.29, 1.82) is 0 Å². The first-order valence-corrected chi connectivity index (χ1v) is 5.71. The SMILES string of the molecule is CCC(C=CCCNCCOC)CC. The summed E-state index contributed by atoms with van der Waals surface area (Å²) in [5.41, 5.74) is 0. The lowest BCUT2D eigenvalue weighted by Crippen LogP contribution is -2.19. The molecule has 1 N–H and O–H groups in total. The van der Waals surface area contributed by atoms with Crippen LogP contribution in [0.1, 0.15) is 33.1 Å². The third kappa shape index (κ3) is 8.27. The van der Waals surface area contributed by atoms with E-state index >= 15 is 0 Å². The van der Waals surface area contributed by atoms with Crippen LogP contribution in [0, 0.1) is 5.92 Å². The highest BCUT2D eigenvalue weighted by Gasteiger charge is 1.95. The van der Waals surface area contributed by atoms with Gasteiger partial charge in [0.1, 0.15) is 0 Å². The molecule has 0 saturated heterocycles. The molecule has 0 unspecified atom stereocenters. The van der Waals surface area contributed by atoms with E-state index in [1.807, 2.05) is 0 Å². The number of nitrogens with one attached hydrogen (secondary N) is 1. The summed E-state index contributed by atoms with van der Waals surface area (Å²) in [6, 6.07) is 0. The van der Waals surface area contributed by atoms with Crippen molar-refractivity contribution in [3.05, 3.63) is 12.2 Å². The van der Waals surface area contributed by atoms with Crippen molar-refractivity contribution in [2.75, 3.05) is 26.8 Å². The highest BCUT2D eigenvalue weighted by molar-refractivity contribution is 4.87. The summed E-state index contributed by atoms with van der Waals surface area (Å²) in [7, 11) is 1.73. The summed E-state index contributed by atoms with van der Waals surface area (Å²) < 4.78 is 4.94. The van der Waals surface area contributed by atoms with Crippen LogP contribution < -0.4 is 5.32 Å². The minimum Gasteiger partial charge on any atom is -0.383 e. The topological polar surface area (TPSA) is 21.3 Å². The van der Waals surface area contributed by atoms with Crippen molar-refractivity contribution in [2.24, 2.45) is 5.92 Å². The van der Waals surface area contributed by atoms with Crippen LogP contribution in [0.3, 0.4) is 0 Å². The largest absolute Gasteiger partial charge is 0.383 e. The fraction of sp³-hybridized carbons (Fsp3) is 0.833. The van der Waals surface area contributed by atoms with Crippen molar-refractivity contribution >= 4 is 0 Å². The fourth-order valence-electron chi connectivity index (χ4n) is 1.33. The molecule has 0 aromatic carbocycles. The zero-order chi connectivity index (χ0) is 10.6. The van der Waals surface area contributed by atoms with Crippen molar-refractivity contribution in [2.45, 2.75) is 33.1 Å². The molecule has 2 heteroatoms. The van der Waals surface area contributed by atoms with E-state index < -0.39 is 0 Å². The predicted molar refractivity (Wildman–Crippen MR) is 62.6 cm³/mol. The van der Waals surface area contributed by atoms with E-state index in [0.29, 0.717) is 0 Å². The molecule has 0 heterocycles. The molecule has 0 aliphatic carbocycles. The van der Waals surface area contributed by atoms with Gasteiger partial charge in [-0.25, -0.2) is 0 Å². The second-order valence-corrected chi connectivity index (χ2v) is 3.54. The zero-order valence-electron chi connectivity index (χ0n) is 9.88. The number of hydrogen-bond acceptors (Lipinski definition) is 2. The summed E-state index contributed by atoms with van der Waals surface area (Å²) in [5, 5.41) is 3.32. The van der Waals surface area contributed by atoms with Crippen molar-refractivity contribution in [3.63, 3.8) is 0 Å². The quantitative estimate of drug-likeness (QED) is 0.455. The molecule has 0 aromatic heterocycles. The van der Waals surface area contributed by atoms with Crippen LogP contribution in [0.4, 0.5) is 0 Å². The van der Waals surface area contributed by atoms with E-state index in [4.69, 9.17) is 4.74 Å². The number of hydrogen-bond donors (Lipinski definition) is 1. The number of ether oxygens (including phenoxy) is 1. The Morgan fingerprint density at radius 2 is 1.93 bits per heavy atom. The average molecular weight is 199 g/mol. The normalized spacial score (nSPS) is 11.7. The minimum atomic E-state index is 0.772. The average Bonchev–Trinajstić information content (AvgIpc) is 2.22. The van der Waals surface area contributed by atoms with Gasteiger partial charge in [0.15, 0.2) is 0 Å². The van der Waals surface area contributed by atoms with Crippen LogP contribution in [0.2, 0.25) is 0 Å². The third-order valence-corrected chi connectivity index (χ3v) is 2.43. The summed E-state index contributed by atoms with van der Waals surface area (Å²) in [4.78, 5) is 0. The van der Waals surface area contributed by atoms with E-state index in [0.717, 1.165) is 32.0 Å². The van der Waals surface area contributed by atoms with Gasteiger partial charge in [-0.15, -0.1) is 0 Å². The van der Waals surface area contributed by atoms with Crippen molar-refractivity contribution in [3.8, 4) is 0 Å². The first-order chi connectivity index (χ1) is 6.85. The molecule has 0 atom stereocenters. The lowest BCUT2D eigenvalue weighted by Gasteiger charge is -2.05. The van der Waals surface area contributed by atoms with Gasteiger partial charge in [0, 0.05) is 13.7 Å². The summed E-state index contributed by atoms with van der Waals surface area (Å²) in [5.74, 6) is 0.772. The summed E-state index contributed by atoms with van der Waals surface area (Å²) in [6.45, 7) is 7.30. The van der Waals surface area contributed by atoms with E-state index in [1.54, 1.807) is 7.11 Å². The maximum absolute atomic E-state index is 4.94. The van der Waals surface area contributed by atoms with Crippen molar-refractivity contribution < 1.29 is 4.74 Å². The molecule has 0 aromatic rings. The molecule has 0 rings (SSSR count). The Morgan fingerprint density at radius 3 is 2.50 bits per heavy atom. The molecule has 0 aliphatic heterocycles. The van der Waals surface area contributed by atoms with E-state index in [-0.39, 0.29) is 0 Å². The van der Waals surface area contributed by atoms with Gasteiger partial charge in [0.2, 0.25) is 0 Å². The van der Waals surface area contributed by atoms with Gasteiger partial charge in [-0.1, -0.05) is 26.0 Å². The maximum Gasteiger partial charge on any atom is 0.0587 e. The second kappa shape index (κ2) is 10.7. The number of allylic oxidation sites excluding steroid dienone is 1. The maximum atomic E-state index is 4.94. The van der Waals surface area contributed by atoms with Gasteiger partial charge in [-0.05, 0) is 31.7 Å². The minimum absolute atomic E-state index is 0.772. The molecular weight excluding hydrogens is 174 g/mol. The van der Waals surface area contributed by atoms with Gasteiger partial charge >= 0.3 is 0 Å². The Kier molecular flexibility index (Phi) is 10.5. The Balaban J connectivity index is 3.25. The van der Waals surface area contributed by atoms with Gasteiger partial charge in [0.25, 0.3) is 0 Å².